The Bertz CT molecular complexity index is 705. The van der Waals surface area contributed by atoms with Gasteiger partial charge in [0, 0.05) is 5.69 Å². The van der Waals surface area contributed by atoms with Crippen LogP contribution in [0.1, 0.15) is 31.9 Å². The number of benzene rings is 2. The number of halogens is 1. The van der Waals surface area contributed by atoms with E-state index in [-0.39, 0.29) is 23.7 Å². The third kappa shape index (κ3) is 4.55. The van der Waals surface area contributed by atoms with Crippen molar-refractivity contribution in [3.05, 3.63) is 59.4 Å². The molecule has 0 aliphatic carbocycles. The van der Waals surface area contributed by atoms with Gasteiger partial charge in [0.2, 0.25) is 0 Å². The predicted molar refractivity (Wildman–Crippen MR) is 90.4 cm³/mol. The summed E-state index contributed by atoms with van der Waals surface area (Å²) in [5.41, 5.74) is 2.24. The van der Waals surface area contributed by atoms with E-state index in [1.54, 1.807) is 13.0 Å². The fourth-order valence-electron chi connectivity index (χ4n) is 2.31. The number of aryl methyl sites for hydroxylation is 1. The highest BCUT2D eigenvalue weighted by molar-refractivity contribution is 5.92. The molecule has 0 aliphatic heterocycles. The van der Waals surface area contributed by atoms with Crippen LogP contribution in [0.4, 0.5) is 10.1 Å². The molecule has 0 radical (unpaired) electrons. The van der Waals surface area contributed by atoms with Gasteiger partial charge in [0.25, 0.3) is 5.91 Å². The Morgan fingerprint density at radius 2 is 1.87 bits per heavy atom. The average molecular weight is 315 g/mol. The van der Waals surface area contributed by atoms with Crippen LogP contribution in [0.2, 0.25) is 0 Å². The summed E-state index contributed by atoms with van der Waals surface area (Å²) in [7, 11) is 0. The summed E-state index contributed by atoms with van der Waals surface area (Å²) in [5, 5.41) is 2.74. The molecule has 3 nitrogen and oxygen atoms in total. The van der Waals surface area contributed by atoms with E-state index < -0.39 is 0 Å². The summed E-state index contributed by atoms with van der Waals surface area (Å²) >= 11 is 0. The van der Waals surface area contributed by atoms with Crippen LogP contribution >= 0.6 is 0 Å². The van der Waals surface area contributed by atoms with E-state index in [2.05, 4.69) is 26.1 Å². The molecule has 0 saturated heterocycles. The summed E-state index contributed by atoms with van der Waals surface area (Å²) in [6.07, 6.45) is 0. The monoisotopic (exact) mass is 315 g/mol. The second kappa shape index (κ2) is 6.82. The van der Waals surface area contributed by atoms with E-state index in [0.29, 0.717) is 17.0 Å². The second-order valence-corrected chi connectivity index (χ2v) is 6.54. The Labute approximate surface area is 136 Å². The maximum Gasteiger partial charge on any atom is 0.262 e. The molecule has 0 bridgehead atoms. The van der Waals surface area contributed by atoms with Crippen molar-refractivity contribution in [2.24, 2.45) is 0 Å². The smallest absolute Gasteiger partial charge is 0.262 e. The van der Waals surface area contributed by atoms with Crippen molar-refractivity contribution in [1.29, 1.82) is 0 Å². The molecule has 0 unspecified atom stereocenters. The molecule has 2 aromatic carbocycles. The van der Waals surface area contributed by atoms with Crippen LogP contribution in [0.5, 0.6) is 5.75 Å². The number of ether oxygens (including phenoxy) is 1. The molecular formula is C19H22FNO2. The molecule has 0 heterocycles. The van der Waals surface area contributed by atoms with E-state index in [4.69, 9.17) is 4.74 Å². The van der Waals surface area contributed by atoms with Crippen molar-refractivity contribution >= 4 is 11.6 Å². The topological polar surface area (TPSA) is 38.3 Å². The lowest BCUT2D eigenvalue weighted by atomic mass is 9.86. The van der Waals surface area contributed by atoms with Gasteiger partial charge in [0.15, 0.2) is 6.61 Å². The Morgan fingerprint density at radius 3 is 2.52 bits per heavy atom. The van der Waals surface area contributed by atoms with Crippen molar-refractivity contribution < 1.29 is 13.9 Å². The molecule has 2 aromatic rings. The Balaban J connectivity index is 2.03. The van der Waals surface area contributed by atoms with Gasteiger partial charge in [-0.3, -0.25) is 4.79 Å². The van der Waals surface area contributed by atoms with Gasteiger partial charge < -0.3 is 10.1 Å². The summed E-state index contributed by atoms with van der Waals surface area (Å²) in [6, 6.07) is 11.9. The Hall–Kier alpha value is -2.36. The van der Waals surface area contributed by atoms with Crippen LogP contribution in [0.25, 0.3) is 0 Å². The highest BCUT2D eigenvalue weighted by Gasteiger charge is 2.19. The van der Waals surface area contributed by atoms with Crippen LogP contribution in [-0.4, -0.2) is 12.5 Å². The molecule has 1 N–H and O–H groups in total. The normalized spacial score (nSPS) is 11.2. The molecule has 0 spiro atoms. The van der Waals surface area contributed by atoms with Crippen molar-refractivity contribution in [3.63, 3.8) is 0 Å². The zero-order chi connectivity index (χ0) is 17.0. The summed E-state index contributed by atoms with van der Waals surface area (Å²) in [5.74, 6) is 0.102. The number of rotatable bonds is 4. The molecule has 0 saturated carbocycles. The largest absolute Gasteiger partial charge is 0.483 e. The zero-order valence-corrected chi connectivity index (χ0v) is 13.9. The molecule has 4 heteroatoms. The molecular weight excluding hydrogens is 293 g/mol. The molecule has 0 aromatic heterocycles. The van der Waals surface area contributed by atoms with Crippen LogP contribution in [0, 0.1) is 12.7 Å². The van der Waals surface area contributed by atoms with Crippen molar-refractivity contribution in [2.75, 3.05) is 11.9 Å². The highest BCUT2D eigenvalue weighted by Crippen LogP contribution is 2.30. The molecule has 23 heavy (non-hydrogen) atoms. The lowest BCUT2D eigenvalue weighted by Crippen LogP contribution is -2.22. The van der Waals surface area contributed by atoms with Gasteiger partial charge in [-0.2, -0.15) is 0 Å². The first kappa shape index (κ1) is 17.0. The standard InChI is InChI=1S/C19H22FNO2/c1-13-11-14(20)9-10-16(13)21-18(22)12-23-17-8-6-5-7-15(17)19(2,3)4/h5-11H,12H2,1-4H3,(H,21,22). The van der Waals surface area contributed by atoms with Crippen LogP contribution in [0.3, 0.4) is 0 Å². The number of amides is 1. The maximum atomic E-state index is 13.1. The SMILES string of the molecule is Cc1cc(F)ccc1NC(=O)COc1ccccc1C(C)(C)C. The highest BCUT2D eigenvalue weighted by atomic mass is 19.1. The fourth-order valence-corrected chi connectivity index (χ4v) is 2.31. The lowest BCUT2D eigenvalue weighted by Gasteiger charge is -2.22. The summed E-state index contributed by atoms with van der Waals surface area (Å²) < 4.78 is 18.7. The minimum atomic E-state index is -0.323. The summed E-state index contributed by atoms with van der Waals surface area (Å²) in [4.78, 5) is 12.1. The number of nitrogens with one attached hydrogen (secondary N) is 1. The van der Waals surface area contributed by atoms with Crippen molar-refractivity contribution in [1.82, 2.24) is 0 Å². The first-order valence-corrected chi connectivity index (χ1v) is 7.55. The third-order valence-electron chi connectivity index (χ3n) is 3.52. The molecule has 0 aliphatic rings. The van der Waals surface area contributed by atoms with Gasteiger partial charge in [-0.15, -0.1) is 0 Å². The van der Waals surface area contributed by atoms with Crippen LogP contribution < -0.4 is 10.1 Å². The molecule has 2 rings (SSSR count). The molecule has 0 atom stereocenters. The number of carbonyl (C=O) groups excluding carboxylic acids is 1. The van der Waals surface area contributed by atoms with Crippen molar-refractivity contribution in [3.8, 4) is 5.75 Å². The van der Waals surface area contributed by atoms with Gasteiger partial charge in [0.1, 0.15) is 11.6 Å². The minimum absolute atomic E-state index is 0.0688. The zero-order valence-electron chi connectivity index (χ0n) is 13.9. The fraction of sp³-hybridized carbons (Fsp3) is 0.316. The Kier molecular flexibility index (Phi) is 5.04. The minimum Gasteiger partial charge on any atom is -0.483 e. The first-order valence-electron chi connectivity index (χ1n) is 7.55. The summed E-state index contributed by atoms with van der Waals surface area (Å²) in [6.45, 7) is 7.93. The predicted octanol–water partition coefficient (Wildman–Crippen LogP) is 4.45. The number of anilines is 1. The van der Waals surface area contributed by atoms with Gasteiger partial charge in [-0.25, -0.2) is 4.39 Å². The van der Waals surface area contributed by atoms with Gasteiger partial charge in [-0.1, -0.05) is 39.0 Å². The third-order valence-corrected chi connectivity index (χ3v) is 3.52. The quantitative estimate of drug-likeness (QED) is 0.905. The first-order chi connectivity index (χ1) is 10.8. The number of para-hydroxylation sites is 1. The van der Waals surface area contributed by atoms with E-state index >= 15 is 0 Å². The van der Waals surface area contributed by atoms with Crippen LogP contribution in [0.15, 0.2) is 42.5 Å². The van der Waals surface area contributed by atoms with Crippen molar-refractivity contribution in [2.45, 2.75) is 33.1 Å². The van der Waals surface area contributed by atoms with E-state index in [1.807, 2.05) is 24.3 Å². The number of hydrogen-bond donors (Lipinski definition) is 1. The van der Waals surface area contributed by atoms with E-state index in [0.717, 1.165) is 5.56 Å². The second-order valence-electron chi connectivity index (χ2n) is 6.54. The van der Waals surface area contributed by atoms with Gasteiger partial charge in [-0.05, 0) is 47.7 Å². The van der Waals surface area contributed by atoms with Gasteiger partial charge in [0.05, 0.1) is 0 Å². The Morgan fingerprint density at radius 1 is 1.17 bits per heavy atom. The van der Waals surface area contributed by atoms with Gasteiger partial charge >= 0.3 is 0 Å². The number of hydrogen-bond acceptors (Lipinski definition) is 2. The molecule has 1 amide bonds. The maximum absolute atomic E-state index is 13.1. The van der Waals surface area contributed by atoms with E-state index in [9.17, 15) is 9.18 Å². The molecule has 0 fully saturated rings. The van der Waals surface area contributed by atoms with Crippen LogP contribution in [-0.2, 0) is 10.2 Å². The number of carbonyl (C=O) groups is 1. The molecule has 122 valence electrons. The van der Waals surface area contributed by atoms with E-state index in [1.165, 1.54) is 12.1 Å². The lowest BCUT2D eigenvalue weighted by molar-refractivity contribution is -0.118. The average Bonchev–Trinajstić information content (AvgIpc) is 2.47.